The second-order valence-corrected chi connectivity index (χ2v) is 12.4. The van der Waals surface area contributed by atoms with Gasteiger partial charge in [-0.3, -0.25) is 14.8 Å². The van der Waals surface area contributed by atoms with Crippen molar-refractivity contribution in [3.05, 3.63) is 41.2 Å². The smallest absolute Gasteiger partial charge is 0.177 e. The Morgan fingerprint density at radius 2 is 1.94 bits per heavy atom. The molecule has 2 aromatic rings. The quantitative estimate of drug-likeness (QED) is 0.596. The molecule has 3 aliphatic rings. The van der Waals surface area contributed by atoms with Gasteiger partial charge in [0.1, 0.15) is 11.5 Å². The summed E-state index contributed by atoms with van der Waals surface area (Å²) in [5.41, 5.74) is 4.98. The van der Waals surface area contributed by atoms with Gasteiger partial charge in [-0.05, 0) is 70.2 Å². The van der Waals surface area contributed by atoms with Gasteiger partial charge in [0, 0.05) is 30.7 Å². The highest BCUT2D eigenvalue weighted by molar-refractivity contribution is 7.90. The zero-order valence-electron chi connectivity index (χ0n) is 20.1. The van der Waals surface area contributed by atoms with Crippen LogP contribution in [0.4, 0.5) is 17.1 Å². The van der Waals surface area contributed by atoms with Gasteiger partial charge in [0.05, 0.1) is 39.4 Å². The first-order valence-corrected chi connectivity index (χ1v) is 13.8. The van der Waals surface area contributed by atoms with Crippen molar-refractivity contribution < 1.29 is 17.9 Å². The number of aliphatic imine (C=N–C) groups is 1. The number of carbonyl (C=O) groups excluding carboxylic acids is 1. The summed E-state index contributed by atoms with van der Waals surface area (Å²) in [4.78, 5) is 22.0. The van der Waals surface area contributed by atoms with Crippen molar-refractivity contribution in [1.82, 2.24) is 4.98 Å². The lowest BCUT2D eigenvalue weighted by molar-refractivity contribution is -0.119. The average Bonchev–Trinajstić information content (AvgIpc) is 3.44. The third-order valence-corrected chi connectivity index (χ3v) is 7.88. The standard InChI is InChI=1S/C26H31N3O4S/c1-15-11-20-25(27-15)21(13-18(28-20)14-22(30)16-5-6-16)29-19-8-7-17(12-24(19)34(4,31)32)23-9-10-26(2,3)33-23/h7-8,12-13,16,23H,5-6,9-11,14H2,1-4H3,(H,28,29). The molecule has 1 unspecified atom stereocenters. The molecule has 1 aromatic carbocycles. The molecular formula is C26H31N3O4S. The van der Waals surface area contributed by atoms with Crippen LogP contribution in [0, 0.1) is 5.92 Å². The van der Waals surface area contributed by atoms with Gasteiger partial charge in [-0.25, -0.2) is 8.42 Å². The van der Waals surface area contributed by atoms with Gasteiger partial charge >= 0.3 is 0 Å². The zero-order chi connectivity index (χ0) is 24.3. The summed E-state index contributed by atoms with van der Waals surface area (Å²) in [5.74, 6) is 0.381. The summed E-state index contributed by atoms with van der Waals surface area (Å²) in [6, 6.07) is 7.28. The Bertz CT molecular complexity index is 1310. The van der Waals surface area contributed by atoms with Gasteiger partial charge in [0.25, 0.3) is 0 Å². The molecule has 7 nitrogen and oxygen atoms in total. The number of hydrogen-bond acceptors (Lipinski definition) is 7. The topological polar surface area (TPSA) is 97.7 Å². The molecule has 1 saturated heterocycles. The highest BCUT2D eigenvalue weighted by Gasteiger charge is 2.33. The molecule has 0 radical (unpaired) electrons. The highest BCUT2D eigenvalue weighted by atomic mass is 32.2. The zero-order valence-corrected chi connectivity index (χ0v) is 21.0. The van der Waals surface area contributed by atoms with E-state index in [1.165, 1.54) is 6.26 Å². The van der Waals surface area contributed by atoms with E-state index in [4.69, 9.17) is 9.72 Å². The normalized spacial score (nSPS) is 21.3. The maximum Gasteiger partial charge on any atom is 0.177 e. The Labute approximate surface area is 201 Å². The number of pyridine rings is 1. The van der Waals surface area contributed by atoms with Gasteiger partial charge in [-0.1, -0.05) is 6.07 Å². The van der Waals surface area contributed by atoms with Gasteiger partial charge in [0.15, 0.2) is 9.84 Å². The second kappa shape index (κ2) is 8.27. The van der Waals surface area contributed by atoms with Crippen molar-refractivity contribution in [3.8, 4) is 0 Å². The molecule has 1 N–H and O–H groups in total. The maximum atomic E-state index is 12.8. The Hall–Kier alpha value is -2.58. The van der Waals surface area contributed by atoms with Crippen LogP contribution in [0.5, 0.6) is 0 Å². The van der Waals surface area contributed by atoms with Crippen molar-refractivity contribution in [3.63, 3.8) is 0 Å². The van der Waals surface area contributed by atoms with Crippen molar-refractivity contribution in [2.45, 2.75) is 75.9 Å². The lowest BCUT2D eigenvalue weighted by Crippen LogP contribution is -2.17. The van der Waals surface area contributed by atoms with Crippen LogP contribution in [0.3, 0.4) is 0 Å². The second-order valence-electron chi connectivity index (χ2n) is 10.5. The van der Waals surface area contributed by atoms with E-state index < -0.39 is 9.84 Å². The van der Waals surface area contributed by atoms with E-state index in [9.17, 15) is 13.2 Å². The van der Waals surface area contributed by atoms with Crippen molar-refractivity contribution in [2.24, 2.45) is 10.9 Å². The van der Waals surface area contributed by atoms with Crippen LogP contribution in [0.2, 0.25) is 0 Å². The molecule has 1 aliphatic carbocycles. The fraction of sp³-hybridized carbons (Fsp3) is 0.500. The first kappa shape index (κ1) is 23.2. The molecular weight excluding hydrogens is 450 g/mol. The molecule has 8 heteroatoms. The molecule has 2 fully saturated rings. The Balaban J connectivity index is 1.51. The number of ketones is 1. The van der Waals surface area contributed by atoms with Crippen LogP contribution in [0.25, 0.3) is 0 Å². The largest absolute Gasteiger partial charge is 0.368 e. The number of nitrogens with one attached hydrogen (secondary N) is 1. The van der Waals surface area contributed by atoms with Crippen molar-refractivity contribution in [2.75, 3.05) is 11.6 Å². The van der Waals surface area contributed by atoms with E-state index >= 15 is 0 Å². The molecule has 34 heavy (non-hydrogen) atoms. The van der Waals surface area contributed by atoms with E-state index in [2.05, 4.69) is 24.2 Å². The molecule has 180 valence electrons. The van der Waals surface area contributed by atoms with Crippen LogP contribution in [0.1, 0.15) is 69.5 Å². The lowest BCUT2D eigenvalue weighted by Gasteiger charge is -2.21. The Kier molecular flexibility index (Phi) is 5.64. The monoisotopic (exact) mass is 481 g/mol. The first-order chi connectivity index (χ1) is 16.0. The van der Waals surface area contributed by atoms with Crippen LogP contribution >= 0.6 is 0 Å². The molecule has 3 heterocycles. The van der Waals surface area contributed by atoms with E-state index in [1.54, 1.807) is 12.1 Å². The number of rotatable bonds is 7. The number of aromatic nitrogens is 1. The summed E-state index contributed by atoms with van der Waals surface area (Å²) in [5, 5.41) is 3.31. The molecule has 1 saturated carbocycles. The molecule has 0 spiro atoms. The minimum absolute atomic E-state index is 0.123. The van der Waals surface area contributed by atoms with Gasteiger partial charge in [0.2, 0.25) is 0 Å². The SMILES string of the molecule is CC1=Nc2c(Nc3ccc(C4CCC(C)(C)O4)cc3S(C)(=O)=O)cc(CC(=O)C3CC3)nc2C1. The minimum Gasteiger partial charge on any atom is -0.368 e. The Morgan fingerprint density at radius 1 is 1.18 bits per heavy atom. The van der Waals surface area contributed by atoms with E-state index in [1.807, 2.05) is 19.1 Å². The number of fused-ring (bicyclic) bond motifs is 1. The summed E-state index contributed by atoms with van der Waals surface area (Å²) in [7, 11) is -3.51. The molecule has 0 amide bonds. The highest BCUT2D eigenvalue weighted by Crippen LogP contribution is 2.42. The number of carbonyl (C=O) groups is 1. The van der Waals surface area contributed by atoms with Crippen LogP contribution in [0.15, 0.2) is 34.2 Å². The summed E-state index contributed by atoms with van der Waals surface area (Å²) in [6.45, 7) is 6.05. The third kappa shape index (κ3) is 4.79. The number of benzene rings is 1. The average molecular weight is 482 g/mol. The summed E-state index contributed by atoms with van der Waals surface area (Å²) in [6.07, 6.45) is 5.71. The fourth-order valence-corrected chi connectivity index (χ4v) is 5.66. The molecule has 2 aliphatic heterocycles. The number of ether oxygens (including phenoxy) is 1. The van der Waals surface area contributed by atoms with E-state index in [0.29, 0.717) is 35.6 Å². The van der Waals surface area contributed by atoms with Gasteiger partial charge < -0.3 is 10.1 Å². The van der Waals surface area contributed by atoms with Crippen LogP contribution in [-0.2, 0) is 32.2 Å². The Morgan fingerprint density at radius 3 is 2.59 bits per heavy atom. The third-order valence-electron chi connectivity index (χ3n) is 6.75. The number of Topliss-reactive ketones (excluding diaryl/α,β-unsaturated/α-hetero) is 1. The fourth-order valence-electron chi connectivity index (χ4n) is 4.79. The minimum atomic E-state index is -3.51. The summed E-state index contributed by atoms with van der Waals surface area (Å²) < 4.78 is 31.6. The maximum absolute atomic E-state index is 12.8. The number of sulfone groups is 1. The molecule has 5 rings (SSSR count). The molecule has 1 aromatic heterocycles. The molecule has 0 bridgehead atoms. The molecule has 1 atom stereocenters. The predicted octanol–water partition coefficient (Wildman–Crippen LogP) is 5.03. The number of anilines is 2. The van der Waals surface area contributed by atoms with Gasteiger partial charge in [-0.15, -0.1) is 0 Å². The summed E-state index contributed by atoms with van der Waals surface area (Å²) >= 11 is 0. The van der Waals surface area contributed by atoms with Crippen molar-refractivity contribution in [1.29, 1.82) is 0 Å². The predicted molar refractivity (Wildman–Crippen MR) is 132 cm³/mol. The number of hydrogen-bond donors (Lipinski definition) is 1. The van der Waals surface area contributed by atoms with Crippen molar-refractivity contribution >= 4 is 38.4 Å². The van der Waals surface area contributed by atoms with Gasteiger partial charge in [-0.2, -0.15) is 0 Å². The number of nitrogens with zero attached hydrogens (tertiary/aromatic N) is 2. The van der Waals surface area contributed by atoms with Crippen LogP contribution in [-0.4, -0.2) is 36.8 Å². The van der Waals surface area contributed by atoms with Crippen LogP contribution < -0.4 is 5.32 Å². The van der Waals surface area contributed by atoms with E-state index in [0.717, 1.165) is 42.7 Å². The lowest BCUT2D eigenvalue weighted by atomic mass is 10.0. The first-order valence-electron chi connectivity index (χ1n) is 11.9. The van der Waals surface area contributed by atoms with E-state index in [-0.39, 0.29) is 28.3 Å².